The van der Waals surface area contributed by atoms with E-state index in [9.17, 15) is 14.4 Å². The zero-order chi connectivity index (χ0) is 9.72. The van der Waals surface area contributed by atoms with Crippen molar-refractivity contribution in [3.05, 3.63) is 0 Å². The van der Waals surface area contributed by atoms with E-state index in [1.165, 1.54) is 0 Å². The molecule has 68 valence electrons. The molecular weight excluding hydrogens is 166 g/mol. The molecule has 0 amide bonds. The maximum atomic E-state index is 10.6. The predicted molar refractivity (Wildman–Crippen MR) is 37.0 cm³/mol. The van der Waals surface area contributed by atoms with Crippen LogP contribution in [0.2, 0.25) is 0 Å². The van der Waals surface area contributed by atoms with Crippen molar-refractivity contribution in [3.63, 3.8) is 0 Å². The van der Waals surface area contributed by atoms with Crippen LogP contribution in [0.1, 0.15) is 13.3 Å². The van der Waals surface area contributed by atoms with Crippen molar-refractivity contribution in [3.8, 4) is 0 Å². The summed E-state index contributed by atoms with van der Waals surface area (Å²) in [5, 5.41) is 8.25. The number of aliphatic carboxylic acids is 1. The monoisotopic (exact) mass is 175 g/mol. The predicted octanol–water partition coefficient (Wildman–Crippen LogP) is -1.12. The van der Waals surface area contributed by atoms with Gasteiger partial charge in [-0.3, -0.25) is 14.4 Å². The molecule has 0 aromatic rings. The number of nitrogens with two attached hydrogens (primary N) is 1. The minimum absolute atomic E-state index is 0.505. The van der Waals surface area contributed by atoms with Crippen LogP contribution in [0.15, 0.2) is 0 Å². The fraction of sp³-hybridized carbons (Fsp3) is 0.500. The Balaban J connectivity index is 3.85. The summed E-state index contributed by atoms with van der Waals surface area (Å²) in [5.41, 5.74) is 4.98. The van der Waals surface area contributed by atoms with Crippen LogP contribution in [0.4, 0.5) is 0 Å². The molecule has 12 heavy (non-hydrogen) atoms. The summed E-state index contributed by atoms with van der Waals surface area (Å²) < 4.78 is 4.05. The lowest BCUT2D eigenvalue weighted by Gasteiger charge is -2.03. The molecule has 0 saturated heterocycles. The second-order valence-electron chi connectivity index (χ2n) is 2.11. The van der Waals surface area contributed by atoms with Gasteiger partial charge in [-0.05, 0) is 0 Å². The fourth-order valence-electron chi connectivity index (χ4n) is 0.469. The maximum Gasteiger partial charge on any atom is 0.321 e. The minimum atomic E-state index is -1.32. The van der Waals surface area contributed by atoms with Gasteiger partial charge in [-0.1, -0.05) is 0 Å². The zero-order valence-corrected chi connectivity index (χ0v) is 6.44. The summed E-state index contributed by atoms with van der Waals surface area (Å²) >= 11 is 0. The van der Waals surface area contributed by atoms with Gasteiger partial charge in [0.15, 0.2) is 0 Å². The maximum absolute atomic E-state index is 10.6. The van der Waals surface area contributed by atoms with Crippen LogP contribution in [0.3, 0.4) is 0 Å². The number of esters is 2. The Labute approximate surface area is 68.3 Å². The summed E-state index contributed by atoms with van der Waals surface area (Å²) in [7, 11) is 0. The van der Waals surface area contributed by atoms with Crippen molar-refractivity contribution in [2.24, 2.45) is 5.73 Å². The third-order valence-corrected chi connectivity index (χ3v) is 0.961. The van der Waals surface area contributed by atoms with Crippen LogP contribution in [0.5, 0.6) is 0 Å². The van der Waals surface area contributed by atoms with Crippen LogP contribution in [0, 0.1) is 0 Å². The zero-order valence-electron chi connectivity index (χ0n) is 6.44. The highest BCUT2D eigenvalue weighted by molar-refractivity contribution is 5.87. The van der Waals surface area contributed by atoms with E-state index < -0.39 is 30.4 Å². The van der Waals surface area contributed by atoms with E-state index in [0.29, 0.717) is 0 Å². The number of carbonyl (C=O) groups excluding carboxylic acids is 2. The molecule has 0 aliphatic carbocycles. The van der Waals surface area contributed by atoms with Crippen molar-refractivity contribution in [2.45, 2.75) is 19.4 Å². The third kappa shape index (κ3) is 4.40. The van der Waals surface area contributed by atoms with Gasteiger partial charge in [0.25, 0.3) is 0 Å². The van der Waals surface area contributed by atoms with Crippen molar-refractivity contribution in [1.29, 1.82) is 0 Å². The number of ether oxygens (including phenoxy) is 1. The Morgan fingerprint density at radius 3 is 2.33 bits per heavy atom. The molecule has 0 bridgehead atoms. The minimum Gasteiger partial charge on any atom is -0.480 e. The number of carboxylic acid groups (broad SMARTS) is 1. The molecule has 0 saturated carbocycles. The van der Waals surface area contributed by atoms with E-state index in [0.717, 1.165) is 6.92 Å². The largest absolute Gasteiger partial charge is 0.480 e. The Morgan fingerprint density at radius 1 is 1.50 bits per heavy atom. The van der Waals surface area contributed by atoms with Crippen molar-refractivity contribution >= 4 is 17.9 Å². The van der Waals surface area contributed by atoms with E-state index in [1.807, 2.05) is 0 Å². The molecule has 1 atom stereocenters. The highest BCUT2D eigenvalue weighted by atomic mass is 16.6. The van der Waals surface area contributed by atoms with E-state index in [-0.39, 0.29) is 0 Å². The van der Waals surface area contributed by atoms with Crippen LogP contribution in [-0.4, -0.2) is 29.1 Å². The lowest BCUT2D eigenvalue weighted by molar-refractivity contribution is -0.159. The summed E-state index contributed by atoms with van der Waals surface area (Å²) in [6.45, 7) is 1.05. The summed E-state index contributed by atoms with van der Waals surface area (Å²) in [6, 6.07) is -1.32. The summed E-state index contributed by atoms with van der Waals surface area (Å²) in [5.74, 6) is -3.02. The van der Waals surface area contributed by atoms with Gasteiger partial charge in [0.05, 0.1) is 6.42 Å². The van der Waals surface area contributed by atoms with Gasteiger partial charge in [-0.25, -0.2) is 0 Å². The molecule has 0 aliphatic heterocycles. The standard InChI is InChI=1S/C6H9NO5/c1-3(8)12-5(9)2-4(7)6(10)11/h4H,2,7H2,1H3,(H,10,11). The Morgan fingerprint density at radius 2 is 2.00 bits per heavy atom. The molecule has 0 aromatic carbocycles. The Kier molecular flexibility index (Phi) is 3.92. The first-order valence-electron chi connectivity index (χ1n) is 3.13. The smallest absolute Gasteiger partial charge is 0.321 e. The number of carbonyl (C=O) groups is 3. The Bertz CT molecular complexity index is 212. The van der Waals surface area contributed by atoms with E-state index >= 15 is 0 Å². The molecule has 0 fully saturated rings. The molecule has 0 radical (unpaired) electrons. The van der Waals surface area contributed by atoms with Crippen LogP contribution < -0.4 is 5.73 Å². The second kappa shape index (κ2) is 4.45. The van der Waals surface area contributed by atoms with Gasteiger partial charge < -0.3 is 15.6 Å². The number of carboxylic acids is 1. The van der Waals surface area contributed by atoms with E-state index in [2.05, 4.69) is 4.74 Å². The van der Waals surface area contributed by atoms with Gasteiger partial charge in [-0.2, -0.15) is 0 Å². The van der Waals surface area contributed by atoms with Crippen molar-refractivity contribution in [2.75, 3.05) is 0 Å². The first-order valence-corrected chi connectivity index (χ1v) is 3.13. The van der Waals surface area contributed by atoms with Crippen molar-refractivity contribution in [1.82, 2.24) is 0 Å². The molecule has 0 aromatic heterocycles. The summed E-state index contributed by atoms with van der Waals surface area (Å²) in [6.07, 6.45) is -0.505. The average molecular weight is 175 g/mol. The molecule has 0 spiro atoms. The van der Waals surface area contributed by atoms with Crippen molar-refractivity contribution < 1.29 is 24.2 Å². The molecule has 1 unspecified atom stereocenters. The average Bonchev–Trinajstić information content (AvgIpc) is 1.84. The number of hydrogen-bond acceptors (Lipinski definition) is 5. The SMILES string of the molecule is CC(=O)OC(=O)CC(N)C(=O)O. The fourth-order valence-corrected chi connectivity index (χ4v) is 0.469. The lowest BCUT2D eigenvalue weighted by Crippen LogP contribution is -2.33. The first-order chi connectivity index (χ1) is 5.43. The normalized spacial score (nSPS) is 11.8. The van der Waals surface area contributed by atoms with Crippen LogP contribution in [-0.2, 0) is 19.1 Å². The quantitative estimate of drug-likeness (QED) is 0.415. The van der Waals surface area contributed by atoms with Gasteiger partial charge in [0.2, 0.25) is 0 Å². The molecule has 0 aliphatic rings. The molecule has 0 rings (SSSR count). The lowest BCUT2D eigenvalue weighted by atomic mass is 10.2. The van der Waals surface area contributed by atoms with Gasteiger partial charge in [0.1, 0.15) is 6.04 Å². The Hall–Kier alpha value is -1.43. The topological polar surface area (TPSA) is 107 Å². The third-order valence-electron chi connectivity index (χ3n) is 0.961. The van der Waals surface area contributed by atoms with Gasteiger partial charge >= 0.3 is 17.9 Å². The van der Waals surface area contributed by atoms with Crippen LogP contribution in [0.25, 0.3) is 0 Å². The van der Waals surface area contributed by atoms with Gasteiger partial charge in [-0.15, -0.1) is 0 Å². The first kappa shape index (κ1) is 10.6. The molecule has 3 N–H and O–H groups in total. The second-order valence-corrected chi connectivity index (χ2v) is 2.11. The molecule has 6 nitrogen and oxygen atoms in total. The van der Waals surface area contributed by atoms with E-state index in [4.69, 9.17) is 10.8 Å². The summed E-state index contributed by atoms with van der Waals surface area (Å²) in [4.78, 5) is 30.9. The van der Waals surface area contributed by atoms with Gasteiger partial charge in [0, 0.05) is 6.92 Å². The number of hydrogen-bond donors (Lipinski definition) is 2. The van der Waals surface area contributed by atoms with Crippen LogP contribution >= 0.6 is 0 Å². The molecular formula is C6H9NO5. The molecule has 6 heteroatoms. The highest BCUT2D eigenvalue weighted by Gasteiger charge is 2.18. The number of rotatable bonds is 3. The molecule has 0 heterocycles. The van der Waals surface area contributed by atoms with E-state index in [1.54, 1.807) is 0 Å². The highest BCUT2D eigenvalue weighted by Crippen LogP contribution is 1.92.